The number of hydrogen-bond acceptors (Lipinski definition) is 3. The Morgan fingerprint density at radius 1 is 1.16 bits per heavy atom. The molecule has 2 atom stereocenters. The Hall–Kier alpha value is -0.610. The normalized spacial score (nSPS) is 33.7. The molecule has 0 spiro atoms. The molecule has 3 nitrogen and oxygen atoms in total. The van der Waals surface area contributed by atoms with Crippen LogP contribution in [0.1, 0.15) is 31.9 Å². The summed E-state index contributed by atoms with van der Waals surface area (Å²) < 4.78 is 11.8. The van der Waals surface area contributed by atoms with E-state index in [1.807, 2.05) is 12.1 Å². The first kappa shape index (κ1) is 13.4. The third-order valence-electron chi connectivity index (χ3n) is 4.71. The van der Waals surface area contributed by atoms with E-state index >= 15 is 0 Å². The largest absolute Gasteiger partial charge is 0.347 e. The molecule has 0 bridgehead atoms. The van der Waals surface area contributed by atoms with Crippen LogP contribution in [0.25, 0.3) is 0 Å². The molecule has 1 N–H and O–H groups in total. The van der Waals surface area contributed by atoms with Crippen molar-refractivity contribution >= 4 is 11.6 Å². The van der Waals surface area contributed by atoms with Gasteiger partial charge in [-0.1, -0.05) is 30.7 Å². The SMILES string of the molecule is CC1([C@]2(C)CCN[C@@H]2c2ccc(Cl)cc2)OCCO1. The van der Waals surface area contributed by atoms with Crippen molar-refractivity contribution in [3.8, 4) is 0 Å². The number of hydrogen-bond donors (Lipinski definition) is 1. The van der Waals surface area contributed by atoms with Gasteiger partial charge in [0.2, 0.25) is 0 Å². The zero-order valence-electron chi connectivity index (χ0n) is 11.4. The summed E-state index contributed by atoms with van der Waals surface area (Å²) >= 11 is 5.97. The van der Waals surface area contributed by atoms with Crippen LogP contribution < -0.4 is 5.32 Å². The third-order valence-corrected chi connectivity index (χ3v) is 4.96. The van der Waals surface area contributed by atoms with Crippen LogP contribution in [0.3, 0.4) is 0 Å². The molecule has 2 saturated heterocycles. The second-order valence-corrected chi connectivity index (χ2v) is 6.19. The van der Waals surface area contributed by atoms with Crippen molar-refractivity contribution in [1.82, 2.24) is 5.32 Å². The summed E-state index contributed by atoms with van der Waals surface area (Å²) in [6, 6.07) is 8.28. The number of benzene rings is 1. The highest BCUT2D eigenvalue weighted by atomic mass is 35.5. The fourth-order valence-corrected chi connectivity index (χ4v) is 3.45. The predicted octanol–water partition coefficient (Wildman–Crippen LogP) is 3.14. The van der Waals surface area contributed by atoms with E-state index in [2.05, 4.69) is 31.3 Å². The molecule has 2 heterocycles. The zero-order valence-corrected chi connectivity index (χ0v) is 12.2. The third kappa shape index (κ3) is 2.09. The Kier molecular flexibility index (Phi) is 3.34. The minimum Gasteiger partial charge on any atom is -0.347 e. The van der Waals surface area contributed by atoms with Gasteiger partial charge in [0.25, 0.3) is 0 Å². The lowest BCUT2D eigenvalue weighted by molar-refractivity contribution is -0.223. The van der Waals surface area contributed by atoms with Crippen molar-refractivity contribution in [3.63, 3.8) is 0 Å². The molecular formula is C15H20ClNO2. The summed E-state index contributed by atoms with van der Waals surface area (Å²) in [6.45, 7) is 6.65. The molecule has 0 amide bonds. The molecule has 2 aliphatic heterocycles. The van der Waals surface area contributed by atoms with Gasteiger partial charge in [0.1, 0.15) is 0 Å². The number of nitrogens with one attached hydrogen (secondary N) is 1. The van der Waals surface area contributed by atoms with Gasteiger partial charge in [-0.15, -0.1) is 0 Å². The van der Waals surface area contributed by atoms with Crippen molar-refractivity contribution in [1.29, 1.82) is 0 Å². The first-order valence-electron chi connectivity index (χ1n) is 6.82. The van der Waals surface area contributed by atoms with E-state index in [1.165, 1.54) is 5.56 Å². The number of halogens is 1. The lowest BCUT2D eigenvalue weighted by Gasteiger charge is -2.43. The van der Waals surface area contributed by atoms with Crippen LogP contribution in [0.4, 0.5) is 0 Å². The molecule has 0 unspecified atom stereocenters. The molecular weight excluding hydrogens is 262 g/mol. The van der Waals surface area contributed by atoms with Crippen LogP contribution in [0.15, 0.2) is 24.3 Å². The Labute approximate surface area is 119 Å². The molecule has 0 aromatic heterocycles. The van der Waals surface area contributed by atoms with Gasteiger partial charge >= 0.3 is 0 Å². The van der Waals surface area contributed by atoms with Crippen LogP contribution in [0.5, 0.6) is 0 Å². The molecule has 19 heavy (non-hydrogen) atoms. The van der Waals surface area contributed by atoms with Gasteiger partial charge in [-0.05, 0) is 37.6 Å². The van der Waals surface area contributed by atoms with E-state index in [9.17, 15) is 0 Å². The van der Waals surface area contributed by atoms with E-state index < -0.39 is 5.79 Å². The average molecular weight is 282 g/mol. The highest BCUT2D eigenvalue weighted by Gasteiger charge is 2.56. The molecule has 4 heteroatoms. The van der Waals surface area contributed by atoms with Gasteiger partial charge in [0.15, 0.2) is 5.79 Å². The minimum atomic E-state index is -0.513. The highest BCUT2D eigenvalue weighted by molar-refractivity contribution is 6.30. The molecule has 0 saturated carbocycles. The second kappa shape index (κ2) is 4.74. The van der Waals surface area contributed by atoms with Crippen molar-refractivity contribution in [2.75, 3.05) is 19.8 Å². The van der Waals surface area contributed by atoms with E-state index in [0.29, 0.717) is 13.2 Å². The van der Waals surface area contributed by atoms with Crippen molar-refractivity contribution < 1.29 is 9.47 Å². The van der Waals surface area contributed by atoms with Crippen molar-refractivity contribution in [3.05, 3.63) is 34.9 Å². The van der Waals surface area contributed by atoms with Gasteiger partial charge in [0.05, 0.1) is 13.2 Å². The standard InChI is InChI=1S/C15H20ClNO2/c1-14(15(2)18-9-10-19-15)7-8-17-13(14)11-3-5-12(16)6-4-11/h3-6,13,17H,7-10H2,1-2H3/t13-,14-/m1/s1. The maximum absolute atomic E-state index is 5.97. The van der Waals surface area contributed by atoms with Crippen LogP contribution in [0.2, 0.25) is 5.02 Å². The zero-order chi connectivity index (χ0) is 13.5. The maximum atomic E-state index is 5.97. The monoisotopic (exact) mass is 281 g/mol. The first-order valence-corrected chi connectivity index (χ1v) is 7.20. The first-order chi connectivity index (χ1) is 9.05. The quantitative estimate of drug-likeness (QED) is 0.903. The summed E-state index contributed by atoms with van der Waals surface area (Å²) in [7, 11) is 0. The van der Waals surface area contributed by atoms with E-state index in [-0.39, 0.29) is 11.5 Å². The Morgan fingerprint density at radius 2 is 1.79 bits per heavy atom. The molecule has 2 aliphatic rings. The molecule has 104 valence electrons. The maximum Gasteiger partial charge on any atom is 0.172 e. The molecule has 3 rings (SSSR count). The van der Waals surface area contributed by atoms with Gasteiger partial charge < -0.3 is 14.8 Å². The number of ether oxygens (including phenoxy) is 2. The Balaban J connectivity index is 1.94. The van der Waals surface area contributed by atoms with E-state index in [0.717, 1.165) is 18.0 Å². The van der Waals surface area contributed by atoms with Gasteiger partial charge in [0, 0.05) is 16.5 Å². The fraction of sp³-hybridized carbons (Fsp3) is 0.600. The van der Waals surface area contributed by atoms with Crippen molar-refractivity contribution in [2.45, 2.75) is 32.1 Å². The predicted molar refractivity (Wildman–Crippen MR) is 75.2 cm³/mol. The molecule has 0 radical (unpaired) electrons. The van der Waals surface area contributed by atoms with Crippen LogP contribution >= 0.6 is 11.6 Å². The van der Waals surface area contributed by atoms with Gasteiger partial charge in [-0.3, -0.25) is 0 Å². The van der Waals surface area contributed by atoms with Gasteiger partial charge in [-0.2, -0.15) is 0 Å². The number of rotatable bonds is 2. The molecule has 1 aromatic rings. The van der Waals surface area contributed by atoms with E-state index in [1.54, 1.807) is 0 Å². The lowest BCUT2D eigenvalue weighted by Crippen LogP contribution is -2.48. The second-order valence-electron chi connectivity index (χ2n) is 5.75. The van der Waals surface area contributed by atoms with Crippen LogP contribution in [-0.2, 0) is 9.47 Å². The Morgan fingerprint density at radius 3 is 2.42 bits per heavy atom. The molecule has 0 aliphatic carbocycles. The average Bonchev–Trinajstić information content (AvgIpc) is 2.99. The highest BCUT2D eigenvalue weighted by Crippen LogP contribution is 2.52. The smallest absolute Gasteiger partial charge is 0.172 e. The summed E-state index contributed by atoms with van der Waals surface area (Å²) in [5, 5.41) is 4.35. The summed E-state index contributed by atoms with van der Waals surface area (Å²) in [5.41, 5.74) is 1.17. The molecule has 1 aromatic carbocycles. The lowest BCUT2D eigenvalue weighted by atomic mass is 9.73. The summed E-state index contributed by atoms with van der Waals surface area (Å²) in [5.74, 6) is -0.513. The molecule has 2 fully saturated rings. The van der Waals surface area contributed by atoms with Crippen molar-refractivity contribution in [2.24, 2.45) is 5.41 Å². The topological polar surface area (TPSA) is 30.5 Å². The minimum absolute atomic E-state index is 0.0721. The summed E-state index contributed by atoms with van der Waals surface area (Å²) in [6.07, 6.45) is 1.04. The van der Waals surface area contributed by atoms with Crippen LogP contribution in [-0.4, -0.2) is 25.5 Å². The Bertz CT molecular complexity index is 456. The van der Waals surface area contributed by atoms with Gasteiger partial charge in [-0.25, -0.2) is 0 Å². The summed E-state index contributed by atoms with van der Waals surface area (Å²) in [4.78, 5) is 0. The fourth-order valence-electron chi connectivity index (χ4n) is 3.32. The van der Waals surface area contributed by atoms with E-state index in [4.69, 9.17) is 21.1 Å². The van der Waals surface area contributed by atoms with Crippen LogP contribution in [0, 0.1) is 5.41 Å².